The van der Waals surface area contributed by atoms with Gasteiger partial charge in [-0.2, -0.15) is 13.2 Å². The van der Waals surface area contributed by atoms with Gasteiger partial charge in [0.2, 0.25) is 5.78 Å². The first-order valence-electron chi connectivity index (χ1n) is 6.60. The zero-order chi connectivity index (χ0) is 16.2. The number of hydrogen-bond donors (Lipinski definition) is 0. The maximum Gasteiger partial charge on any atom is 0.434 e. The van der Waals surface area contributed by atoms with Crippen molar-refractivity contribution in [1.29, 1.82) is 0 Å². The Bertz CT molecular complexity index is 851. The van der Waals surface area contributed by atoms with Crippen LogP contribution >= 0.6 is 11.6 Å². The zero-order valence-electron chi connectivity index (χ0n) is 12.2. The average Bonchev–Trinajstić information content (AvgIpc) is 2.87. The molecule has 3 aromatic rings. The number of halogens is 4. The Balaban J connectivity index is 2.31. The third-order valence-electron chi connectivity index (χ3n) is 3.52. The molecule has 22 heavy (non-hydrogen) atoms. The fourth-order valence-electron chi connectivity index (χ4n) is 2.78. The van der Waals surface area contributed by atoms with Crippen molar-refractivity contribution in [2.45, 2.75) is 26.9 Å². The van der Waals surface area contributed by atoms with Gasteiger partial charge < -0.3 is 0 Å². The Kier molecular flexibility index (Phi) is 3.25. The van der Waals surface area contributed by atoms with Crippen LogP contribution in [0.3, 0.4) is 0 Å². The van der Waals surface area contributed by atoms with Crippen LogP contribution in [0.1, 0.15) is 22.4 Å². The number of nitrogens with zero attached hydrogens (tertiary/aromatic N) is 3. The van der Waals surface area contributed by atoms with E-state index in [0.717, 1.165) is 28.6 Å². The highest BCUT2D eigenvalue weighted by atomic mass is 35.5. The van der Waals surface area contributed by atoms with E-state index in [0.29, 0.717) is 5.15 Å². The maximum absolute atomic E-state index is 12.8. The second kappa shape index (κ2) is 4.78. The second-order valence-corrected chi connectivity index (χ2v) is 5.75. The standard InChI is InChI=1S/C15H13ClF3N3/c1-8-4-9(2)13(10(3)5-8)22-12(16)7-21-6-11(15(17,18)19)20-14(21)22/h4-7H,1-3H3. The molecule has 0 aliphatic rings. The molecule has 0 aliphatic carbocycles. The third kappa shape index (κ3) is 2.27. The average molecular weight is 328 g/mol. The van der Waals surface area contributed by atoms with E-state index < -0.39 is 11.9 Å². The van der Waals surface area contributed by atoms with E-state index in [1.807, 2.05) is 32.9 Å². The monoisotopic (exact) mass is 327 g/mol. The van der Waals surface area contributed by atoms with E-state index in [1.165, 1.54) is 10.6 Å². The third-order valence-corrected chi connectivity index (χ3v) is 3.79. The smallest absolute Gasteiger partial charge is 0.289 e. The summed E-state index contributed by atoms with van der Waals surface area (Å²) in [4.78, 5) is 3.70. The molecule has 0 spiro atoms. The number of aryl methyl sites for hydroxylation is 3. The fourth-order valence-corrected chi connectivity index (χ4v) is 3.05. The summed E-state index contributed by atoms with van der Waals surface area (Å²) < 4.78 is 41.3. The molecule has 1 aromatic carbocycles. The summed E-state index contributed by atoms with van der Waals surface area (Å²) in [5, 5.41) is 0.311. The van der Waals surface area contributed by atoms with Crippen molar-refractivity contribution in [2.75, 3.05) is 0 Å². The molecular formula is C15H13ClF3N3. The normalized spacial score (nSPS) is 12.3. The summed E-state index contributed by atoms with van der Waals surface area (Å²) >= 11 is 6.21. The molecule has 0 amide bonds. The van der Waals surface area contributed by atoms with Crippen LogP contribution in [0, 0.1) is 20.8 Å². The van der Waals surface area contributed by atoms with Gasteiger partial charge in [0.25, 0.3) is 0 Å². The molecule has 0 saturated heterocycles. The number of aromatic nitrogens is 3. The molecule has 0 fully saturated rings. The lowest BCUT2D eigenvalue weighted by molar-refractivity contribution is -0.140. The van der Waals surface area contributed by atoms with Crippen LogP contribution in [-0.2, 0) is 6.18 Å². The number of imidazole rings is 2. The van der Waals surface area contributed by atoms with E-state index in [4.69, 9.17) is 11.6 Å². The second-order valence-electron chi connectivity index (χ2n) is 5.37. The predicted molar refractivity (Wildman–Crippen MR) is 78.7 cm³/mol. The van der Waals surface area contributed by atoms with Crippen LogP contribution in [0.5, 0.6) is 0 Å². The van der Waals surface area contributed by atoms with Crippen molar-refractivity contribution in [3.63, 3.8) is 0 Å². The van der Waals surface area contributed by atoms with Crippen molar-refractivity contribution in [3.8, 4) is 5.69 Å². The number of rotatable bonds is 1. The Labute approximate surface area is 130 Å². The molecule has 0 saturated carbocycles. The quantitative estimate of drug-likeness (QED) is 0.634. The topological polar surface area (TPSA) is 22.2 Å². The molecule has 3 nitrogen and oxygen atoms in total. The fraction of sp³-hybridized carbons (Fsp3) is 0.267. The summed E-state index contributed by atoms with van der Waals surface area (Å²) in [7, 11) is 0. The van der Waals surface area contributed by atoms with E-state index in [1.54, 1.807) is 4.57 Å². The van der Waals surface area contributed by atoms with Gasteiger partial charge in [0.05, 0.1) is 5.69 Å². The van der Waals surface area contributed by atoms with E-state index in [2.05, 4.69) is 4.98 Å². The number of benzene rings is 1. The van der Waals surface area contributed by atoms with Crippen molar-refractivity contribution >= 4 is 17.4 Å². The van der Waals surface area contributed by atoms with Gasteiger partial charge in [0.1, 0.15) is 5.15 Å². The summed E-state index contributed by atoms with van der Waals surface area (Å²) in [6.07, 6.45) is -2.12. The molecule has 2 aromatic heterocycles. The molecule has 3 rings (SSSR count). The molecule has 0 atom stereocenters. The lowest BCUT2D eigenvalue weighted by atomic mass is 10.1. The van der Waals surface area contributed by atoms with Crippen molar-refractivity contribution < 1.29 is 13.2 Å². The SMILES string of the molecule is Cc1cc(C)c(-n2c(Cl)cn3cc(C(F)(F)F)nc23)c(C)c1. The minimum absolute atomic E-state index is 0.146. The Hall–Kier alpha value is -1.95. The van der Waals surface area contributed by atoms with Crippen LogP contribution < -0.4 is 0 Å². The van der Waals surface area contributed by atoms with Crippen LogP contribution in [-0.4, -0.2) is 14.0 Å². The van der Waals surface area contributed by atoms with Gasteiger partial charge in [-0.1, -0.05) is 29.3 Å². The number of hydrogen-bond acceptors (Lipinski definition) is 1. The maximum atomic E-state index is 12.8. The predicted octanol–water partition coefficient (Wildman–Crippen LogP) is 4.72. The highest BCUT2D eigenvalue weighted by Crippen LogP contribution is 2.32. The largest absolute Gasteiger partial charge is 0.434 e. The first-order chi connectivity index (χ1) is 10.2. The zero-order valence-corrected chi connectivity index (χ0v) is 12.9. The van der Waals surface area contributed by atoms with Crippen molar-refractivity contribution in [1.82, 2.24) is 14.0 Å². The molecule has 0 bridgehead atoms. The van der Waals surface area contributed by atoms with Crippen LogP contribution in [0.4, 0.5) is 13.2 Å². The highest BCUT2D eigenvalue weighted by molar-refractivity contribution is 6.30. The summed E-state index contributed by atoms with van der Waals surface area (Å²) in [5.74, 6) is 0.146. The van der Waals surface area contributed by atoms with E-state index in [9.17, 15) is 13.2 Å². The van der Waals surface area contributed by atoms with Crippen LogP contribution in [0.25, 0.3) is 11.5 Å². The lowest BCUT2D eigenvalue weighted by Crippen LogP contribution is -2.06. The Morgan fingerprint density at radius 1 is 1.05 bits per heavy atom. The first kappa shape index (κ1) is 15.0. The Morgan fingerprint density at radius 2 is 1.64 bits per heavy atom. The van der Waals surface area contributed by atoms with Gasteiger partial charge in [-0.05, 0) is 31.9 Å². The molecule has 7 heteroatoms. The van der Waals surface area contributed by atoms with Crippen LogP contribution in [0.15, 0.2) is 24.5 Å². The van der Waals surface area contributed by atoms with Crippen LogP contribution in [0.2, 0.25) is 5.15 Å². The van der Waals surface area contributed by atoms with Gasteiger partial charge >= 0.3 is 6.18 Å². The first-order valence-corrected chi connectivity index (χ1v) is 6.97. The lowest BCUT2D eigenvalue weighted by Gasteiger charge is -2.13. The molecule has 2 heterocycles. The summed E-state index contributed by atoms with van der Waals surface area (Å²) in [5.41, 5.74) is 2.75. The van der Waals surface area contributed by atoms with E-state index in [-0.39, 0.29) is 5.78 Å². The van der Waals surface area contributed by atoms with Crippen molar-refractivity contribution in [2.24, 2.45) is 0 Å². The summed E-state index contributed by atoms with van der Waals surface area (Å²) in [6, 6.07) is 3.92. The van der Waals surface area contributed by atoms with E-state index >= 15 is 0 Å². The molecule has 0 unspecified atom stereocenters. The molecule has 0 N–H and O–H groups in total. The molecular weight excluding hydrogens is 315 g/mol. The van der Waals surface area contributed by atoms with Crippen molar-refractivity contribution in [3.05, 3.63) is 52.1 Å². The van der Waals surface area contributed by atoms with Gasteiger partial charge in [-0.25, -0.2) is 4.98 Å². The molecule has 0 radical (unpaired) electrons. The summed E-state index contributed by atoms with van der Waals surface area (Å²) in [6.45, 7) is 5.76. The van der Waals surface area contributed by atoms with Gasteiger partial charge in [-0.3, -0.25) is 8.97 Å². The Morgan fingerprint density at radius 3 is 2.18 bits per heavy atom. The highest BCUT2D eigenvalue weighted by Gasteiger charge is 2.35. The number of fused-ring (bicyclic) bond motifs is 1. The molecule has 116 valence electrons. The minimum atomic E-state index is -4.49. The number of alkyl halides is 3. The minimum Gasteiger partial charge on any atom is -0.289 e. The van der Waals surface area contributed by atoms with Gasteiger partial charge in [0.15, 0.2) is 5.69 Å². The van der Waals surface area contributed by atoms with Gasteiger partial charge in [0, 0.05) is 12.4 Å². The molecule has 0 aliphatic heterocycles. The van der Waals surface area contributed by atoms with Gasteiger partial charge in [-0.15, -0.1) is 0 Å².